The number of hydrogen-bond donors (Lipinski definition) is 1. The molecule has 7 nitrogen and oxygen atoms in total. The Hall–Kier alpha value is -2.84. The van der Waals surface area contributed by atoms with Gasteiger partial charge in [-0.1, -0.05) is 29.5 Å². The summed E-state index contributed by atoms with van der Waals surface area (Å²) in [6.07, 6.45) is 5.43. The summed E-state index contributed by atoms with van der Waals surface area (Å²) in [7, 11) is 4.09. The lowest BCUT2D eigenvalue weighted by Crippen LogP contribution is -2.46. The maximum Gasteiger partial charge on any atom is 0.223 e. The number of likely N-dealkylation sites (tertiary alicyclic amines) is 1. The van der Waals surface area contributed by atoms with E-state index in [2.05, 4.69) is 59.3 Å². The van der Waals surface area contributed by atoms with Gasteiger partial charge in [-0.05, 0) is 58.5 Å². The van der Waals surface area contributed by atoms with Gasteiger partial charge in [-0.3, -0.25) is 4.79 Å². The van der Waals surface area contributed by atoms with Gasteiger partial charge in [0, 0.05) is 18.5 Å². The Morgan fingerprint density at radius 2 is 1.97 bits per heavy atom. The number of carbonyl (C=O) groups is 1. The van der Waals surface area contributed by atoms with Gasteiger partial charge in [-0.2, -0.15) is 0 Å². The quantitative estimate of drug-likeness (QED) is 0.512. The van der Waals surface area contributed by atoms with Crippen LogP contribution in [0, 0.1) is 5.92 Å². The predicted octanol–water partition coefficient (Wildman–Crippen LogP) is 3.94. The number of thiazole rings is 1. The summed E-state index contributed by atoms with van der Waals surface area (Å²) in [6, 6.07) is 8.31. The molecule has 1 N–H and O–H groups in total. The van der Waals surface area contributed by atoms with Crippen molar-refractivity contribution in [3.63, 3.8) is 0 Å². The largest absolute Gasteiger partial charge is 0.347 e. The van der Waals surface area contributed by atoms with E-state index in [1.807, 2.05) is 17.7 Å². The van der Waals surface area contributed by atoms with Crippen LogP contribution < -0.4 is 5.32 Å². The summed E-state index contributed by atoms with van der Waals surface area (Å²) in [5.41, 5.74) is 4.35. The van der Waals surface area contributed by atoms with E-state index >= 15 is 0 Å². The van der Waals surface area contributed by atoms with E-state index < -0.39 is 5.54 Å². The highest BCUT2D eigenvalue weighted by molar-refractivity contribution is 7.21. The normalized spacial score (nSPS) is 16.1. The average Bonchev–Trinajstić information content (AvgIpc) is 3.37. The highest BCUT2D eigenvalue weighted by Crippen LogP contribution is 2.34. The summed E-state index contributed by atoms with van der Waals surface area (Å²) in [6.45, 7) is 6.09. The van der Waals surface area contributed by atoms with Gasteiger partial charge in [-0.15, -0.1) is 0 Å². The van der Waals surface area contributed by atoms with Gasteiger partial charge in [0.05, 0.1) is 23.6 Å². The van der Waals surface area contributed by atoms with Crippen LogP contribution in [0.5, 0.6) is 0 Å². The van der Waals surface area contributed by atoms with Crippen LogP contribution in [0.1, 0.15) is 32.3 Å². The first-order valence-electron chi connectivity index (χ1n) is 11.0. The fourth-order valence-electron chi connectivity index (χ4n) is 4.42. The zero-order chi connectivity index (χ0) is 22.5. The molecule has 0 saturated carbocycles. The van der Waals surface area contributed by atoms with E-state index in [1.54, 1.807) is 23.9 Å². The van der Waals surface area contributed by atoms with E-state index in [1.165, 1.54) is 0 Å². The summed E-state index contributed by atoms with van der Waals surface area (Å²) in [5.74, 6) is 0.238. The zero-order valence-corrected chi connectivity index (χ0v) is 19.7. The maximum absolute atomic E-state index is 12.9. The number of pyridine rings is 1. The summed E-state index contributed by atoms with van der Waals surface area (Å²) in [5, 5.41) is 4.21. The molecule has 0 unspecified atom stereocenters. The predicted molar refractivity (Wildman–Crippen MR) is 129 cm³/mol. The van der Waals surface area contributed by atoms with E-state index in [9.17, 15) is 4.79 Å². The summed E-state index contributed by atoms with van der Waals surface area (Å²) in [4.78, 5) is 30.0. The minimum absolute atomic E-state index is 0.0882. The van der Waals surface area contributed by atoms with E-state index in [-0.39, 0.29) is 11.8 Å². The van der Waals surface area contributed by atoms with E-state index in [0.29, 0.717) is 0 Å². The van der Waals surface area contributed by atoms with Gasteiger partial charge in [0.2, 0.25) is 5.91 Å². The molecule has 0 radical (unpaired) electrons. The third-order valence-electron chi connectivity index (χ3n) is 6.46. The Bertz CT molecular complexity index is 1300. The highest BCUT2D eigenvalue weighted by Gasteiger charge is 2.29. The van der Waals surface area contributed by atoms with Crippen molar-refractivity contribution in [2.45, 2.75) is 32.2 Å². The van der Waals surface area contributed by atoms with Crippen molar-refractivity contribution in [1.29, 1.82) is 0 Å². The molecule has 1 aromatic carbocycles. The molecule has 32 heavy (non-hydrogen) atoms. The fourth-order valence-corrected chi connectivity index (χ4v) is 5.33. The van der Waals surface area contributed by atoms with Gasteiger partial charge >= 0.3 is 0 Å². The molecular weight excluding hydrogens is 420 g/mol. The van der Waals surface area contributed by atoms with Gasteiger partial charge in [-0.25, -0.2) is 15.0 Å². The van der Waals surface area contributed by atoms with Gasteiger partial charge < -0.3 is 14.8 Å². The lowest BCUT2D eigenvalue weighted by molar-refractivity contribution is -0.128. The van der Waals surface area contributed by atoms with Crippen molar-refractivity contribution in [2.24, 2.45) is 13.0 Å². The number of imidazole rings is 1. The second-order valence-electron chi connectivity index (χ2n) is 9.29. The number of aryl methyl sites for hydroxylation is 1. The first-order chi connectivity index (χ1) is 15.3. The minimum atomic E-state index is -0.472. The van der Waals surface area contributed by atoms with Gasteiger partial charge in [0.25, 0.3) is 0 Å². The molecule has 0 bridgehead atoms. The molecule has 4 heterocycles. The van der Waals surface area contributed by atoms with Crippen molar-refractivity contribution in [1.82, 2.24) is 29.7 Å². The lowest BCUT2D eigenvalue weighted by Gasteiger charge is -2.33. The molecule has 4 aromatic rings. The van der Waals surface area contributed by atoms with Crippen molar-refractivity contribution < 1.29 is 4.79 Å². The van der Waals surface area contributed by atoms with Crippen LogP contribution in [-0.4, -0.2) is 50.5 Å². The highest BCUT2D eigenvalue weighted by atomic mass is 32.1. The SMILES string of the molecule is CN1CCC(C(=O)NC(C)(C)c2cccc(-c3nc4c(ncc5ncn(C)c54)s3)c2)CC1. The summed E-state index contributed by atoms with van der Waals surface area (Å²) >= 11 is 1.58. The number of fused-ring (bicyclic) bond motifs is 3. The molecule has 1 amide bonds. The molecule has 3 aromatic heterocycles. The van der Waals surface area contributed by atoms with Crippen LogP contribution in [0.2, 0.25) is 0 Å². The van der Waals surface area contributed by atoms with Crippen LogP contribution in [0.3, 0.4) is 0 Å². The number of nitrogens with zero attached hydrogens (tertiary/aromatic N) is 5. The molecule has 5 rings (SSSR count). The standard InChI is InChI=1S/C24H28N6OS/c1-24(2,28-21(31)15-8-10-29(3)11-9-15)17-7-5-6-16(12-17)22-27-19-20-18(26-14-30(20)4)13-25-23(19)32-22/h5-7,12-15H,8-11H2,1-4H3,(H,28,31). The Morgan fingerprint density at radius 1 is 1.19 bits per heavy atom. The third kappa shape index (κ3) is 3.78. The van der Waals surface area contributed by atoms with Crippen molar-refractivity contribution >= 4 is 38.6 Å². The van der Waals surface area contributed by atoms with Crippen molar-refractivity contribution in [2.75, 3.05) is 20.1 Å². The van der Waals surface area contributed by atoms with Gasteiger partial charge in [0.15, 0.2) is 0 Å². The van der Waals surface area contributed by atoms with Crippen LogP contribution in [0.4, 0.5) is 0 Å². The van der Waals surface area contributed by atoms with Crippen LogP contribution in [0.15, 0.2) is 36.8 Å². The molecule has 1 aliphatic rings. The van der Waals surface area contributed by atoms with Crippen LogP contribution in [0.25, 0.3) is 32.0 Å². The molecule has 1 fully saturated rings. The number of hydrogen-bond acceptors (Lipinski definition) is 6. The van der Waals surface area contributed by atoms with Crippen LogP contribution in [-0.2, 0) is 17.4 Å². The fraction of sp³-hybridized carbons (Fsp3) is 0.417. The number of nitrogens with one attached hydrogen (secondary N) is 1. The molecule has 0 aliphatic carbocycles. The molecule has 166 valence electrons. The van der Waals surface area contributed by atoms with Crippen molar-refractivity contribution in [3.05, 3.63) is 42.4 Å². The second-order valence-corrected chi connectivity index (χ2v) is 10.3. The number of piperidine rings is 1. The van der Waals surface area contributed by atoms with Crippen LogP contribution >= 0.6 is 11.3 Å². The molecular formula is C24H28N6OS. The zero-order valence-electron chi connectivity index (χ0n) is 18.9. The molecule has 0 spiro atoms. The topological polar surface area (TPSA) is 75.9 Å². The smallest absolute Gasteiger partial charge is 0.223 e. The first-order valence-corrected chi connectivity index (χ1v) is 11.8. The van der Waals surface area contributed by atoms with Gasteiger partial charge in [0.1, 0.15) is 20.9 Å². The number of carbonyl (C=O) groups excluding carboxylic acids is 1. The molecule has 0 atom stereocenters. The first kappa shape index (κ1) is 21.0. The number of amides is 1. The Balaban J connectivity index is 1.43. The number of rotatable bonds is 4. The maximum atomic E-state index is 12.9. The van der Waals surface area contributed by atoms with E-state index in [4.69, 9.17) is 4.98 Å². The lowest BCUT2D eigenvalue weighted by atomic mass is 9.90. The third-order valence-corrected chi connectivity index (χ3v) is 7.47. The Kier molecular flexibility index (Phi) is 5.22. The molecule has 1 saturated heterocycles. The Labute approximate surface area is 191 Å². The monoisotopic (exact) mass is 448 g/mol. The molecule has 8 heteroatoms. The molecule has 1 aliphatic heterocycles. The number of benzene rings is 1. The average molecular weight is 449 g/mol. The Morgan fingerprint density at radius 3 is 2.75 bits per heavy atom. The number of aromatic nitrogens is 4. The summed E-state index contributed by atoms with van der Waals surface area (Å²) < 4.78 is 1.99. The van der Waals surface area contributed by atoms with E-state index in [0.717, 1.165) is 63.4 Å². The van der Waals surface area contributed by atoms with Crippen molar-refractivity contribution in [3.8, 4) is 10.6 Å². The minimum Gasteiger partial charge on any atom is -0.347 e. The second kappa shape index (κ2) is 7.94.